The number of aromatic nitrogens is 3. The smallest absolute Gasteiger partial charge is 0.276 e. The Balaban J connectivity index is 1.71. The Kier molecular flexibility index (Phi) is 5.28. The predicted molar refractivity (Wildman–Crippen MR) is 90.7 cm³/mol. The van der Waals surface area contributed by atoms with Gasteiger partial charge in [0.15, 0.2) is 5.69 Å². The minimum Gasteiger partial charge on any atom is -0.382 e. The molecule has 0 aliphatic carbocycles. The maximum Gasteiger partial charge on any atom is 0.276 e. The molecule has 134 valence electrons. The third-order valence-corrected chi connectivity index (χ3v) is 4.57. The van der Waals surface area contributed by atoms with Crippen LogP contribution in [0.25, 0.3) is 0 Å². The number of likely N-dealkylation sites (tertiary alicyclic amines) is 1. The van der Waals surface area contributed by atoms with Crippen LogP contribution in [0.2, 0.25) is 0 Å². The number of piperidine rings is 1. The Labute approximate surface area is 146 Å². The molecule has 3 rings (SSSR count). The molecule has 0 saturated carbocycles. The first-order chi connectivity index (χ1) is 12.1. The molecule has 3 heterocycles. The van der Waals surface area contributed by atoms with Gasteiger partial charge in [0, 0.05) is 32.6 Å². The van der Waals surface area contributed by atoms with E-state index in [0.717, 1.165) is 18.5 Å². The molecule has 8 heteroatoms. The van der Waals surface area contributed by atoms with Gasteiger partial charge in [-0.15, -0.1) is 0 Å². The van der Waals surface area contributed by atoms with Crippen molar-refractivity contribution in [3.63, 3.8) is 0 Å². The lowest BCUT2D eigenvalue weighted by Gasteiger charge is -2.32. The van der Waals surface area contributed by atoms with Gasteiger partial charge in [-0.3, -0.25) is 9.78 Å². The van der Waals surface area contributed by atoms with Gasteiger partial charge >= 0.3 is 0 Å². The molecule has 2 aromatic rings. The zero-order chi connectivity index (χ0) is 17.8. The van der Waals surface area contributed by atoms with Crippen molar-refractivity contribution < 1.29 is 14.1 Å². The Bertz CT molecular complexity index is 746. The van der Waals surface area contributed by atoms with Crippen molar-refractivity contribution in [3.05, 3.63) is 35.1 Å². The molecular formula is C17H23N5O3. The number of aryl methyl sites for hydroxylation is 1. The van der Waals surface area contributed by atoms with Crippen molar-refractivity contribution in [1.29, 1.82) is 0 Å². The second-order valence-corrected chi connectivity index (χ2v) is 6.35. The predicted octanol–water partition coefficient (Wildman–Crippen LogP) is 1.60. The molecule has 1 aliphatic rings. The van der Waals surface area contributed by atoms with Crippen LogP contribution in [0.1, 0.15) is 40.3 Å². The highest BCUT2D eigenvalue weighted by Gasteiger charge is 2.29. The summed E-state index contributed by atoms with van der Waals surface area (Å²) >= 11 is 0. The number of carbonyl (C=O) groups excluding carboxylic acids is 1. The fourth-order valence-electron chi connectivity index (χ4n) is 3.25. The Morgan fingerprint density at radius 1 is 1.44 bits per heavy atom. The summed E-state index contributed by atoms with van der Waals surface area (Å²) < 4.78 is 10.3. The first kappa shape index (κ1) is 17.3. The fraction of sp³-hybridized carbons (Fsp3) is 0.529. The van der Waals surface area contributed by atoms with E-state index in [1.807, 2.05) is 4.90 Å². The van der Waals surface area contributed by atoms with Crippen LogP contribution in [-0.2, 0) is 17.8 Å². The van der Waals surface area contributed by atoms with Crippen LogP contribution in [0.3, 0.4) is 0 Å². The van der Waals surface area contributed by atoms with Crippen molar-refractivity contribution >= 4 is 11.7 Å². The molecule has 25 heavy (non-hydrogen) atoms. The average molecular weight is 345 g/mol. The number of carbonyl (C=O) groups is 1. The minimum absolute atomic E-state index is 0.110. The van der Waals surface area contributed by atoms with E-state index in [-0.39, 0.29) is 5.91 Å². The molecule has 1 aliphatic heterocycles. The van der Waals surface area contributed by atoms with Gasteiger partial charge in [0.05, 0.1) is 17.9 Å². The van der Waals surface area contributed by atoms with Gasteiger partial charge in [-0.05, 0) is 32.1 Å². The number of nitrogen functional groups attached to an aromatic ring is 1. The number of nitrogens with two attached hydrogens (primary N) is 1. The molecule has 8 nitrogen and oxygen atoms in total. The summed E-state index contributed by atoms with van der Waals surface area (Å²) in [5, 5.41) is 3.94. The monoisotopic (exact) mass is 345 g/mol. The Morgan fingerprint density at radius 2 is 2.24 bits per heavy atom. The van der Waals surface area contributed by atoms with Gasteiger partial charge in [0.1, 0.15) is 11.6 Å². The summed E-state index contributed by atoms with van der Waals surface area (Å²) in [5.41, 5.74) is 7.74. The normalized spacial score (nSPS) is 17.7. The summed E-state index contributed by atoms with van der Waals surface area (Å²) in [6.45, 7) is 3.45. The number of nitrogens with zero attached hydrogens (tertiary/aromatic N) is 4. The van der Waals surface area contributed by atoms with E-state index in [0.29, 0.717) is 54.9 Å². The molecule has 2 aromatic heterocycles. The van der Waals surface area contributed by atoms with E-state index < -0.39 is 0 Å². The van der Waals surface area contributed by atoms with Crippen molar-refractivity contribution in [3.8, 4) is 0 Å². The Hall–Kier alpha value is -2.48. The lowest BCUT2D eigenvalue weighted by molar-refractivity contribution is 0.0658. The van der Waals surface area contributed by atoms with Gasteiger partial charge in [-0.1, -0.05) is 5.16 Å². The highest BCUT2D eigenvalue weighted by molar-refractivity contribution is 5.93. The maximum atomic E-state index is 12.9. The molecular weight excluding hydrogens is 322 g/mol. The van der Waals surface area contributed by atoms with E-state index in [1.54, 1.807) is 26.4 Å². The van der Waals surface area contributed by atoms with Gasteiger partial charge < -0.3 is 19.9 Å². The van der Waals surface area contributed by atoms with Gasteiger partial charge in [-0.2, -0.15) is 0 Å². The largest absolute Gasteiger partial charge is 0.382 e. The maximum absolute atomic E-state index is 12.9. The van der Waals surface area contributed by atoms with Crippen LogP contribution in [0.4, 0.5) is 5.82 Å². The highest BCUT2D eigenvalue weighted by atomic mass is 16.5. The second-order valence-electron chi connectivity index (χ2n) is 6.35. The lowest BCUT2D eigenvalue weighted by atomic mass is 9.93. The molecule has 1 unspecified atom stereocenters. The summed E-state index contributed by atoms with van der Waals surface area (Å²) in [6.07, 6.45) is 5.91. The number of amides is 1. The van der Waals surface area contributed by atoms with E-state index >= 15 is 0 Å². The quantitative estimate of drug-likeness (QED) is 0.877. The minimum atomic E-state index is -0.110. The van der Waals surface area contributed by atoms with Crippen LogP contribution >= 0.6 is 0 Å². The van der Waals surface area contributed by atoms with Crippen LogP contribution < -0.4 is 5.73 Å². The summed E-state index contributed by atoms with van der Waals surface area (Å²) in [4.78, 5) is 23.1. The third kappa shape index (κ3) is 3.79. The van der Waals surface area contributed by atoms with Gasteiger partial charge in [-0.25, -0.2) is 4.98 Å². The van der Waals surface area contributed by atoms with Crippen LogP contribution in [0.15, 0.2) is 16.9 Å². The molecule has 0 bridgehead atoms. The van der Waals surface area contributed by atoms with Crippen molar-refractivity contribution in [2.45, 2.75) is 32.8 Å². The molecule has 0 spiro atoms. The molecule has 0 radical (unpaired) electrons. The number of hydrogen-bond acceptors (Lipinski definition) is 7. The number of rotatable bonds is 5. The first-order valence-electron chi connectivity index (χ1n) is 8.38. The van der Waals surface area contributed by atoms with Crippen LogP contribution in [0.5, 0.6) is 0 Å². The summed E-state index contributed by atoms with van der Waals surface area (Å²) in [5.74, 6) is 1.27. The number of ether oxygens (including phenoxy) is 1. The number of hydrogen-bond donors (Lipinski definition) is 1. The molecule has 1 saturated heterocycles. The number of anilines is 1. The van der Waals surface area contributed by atoms with Gasteiger partial charge in [0.2, 0.25) is 0 Å². The third-order valence-electron chi connectivity index (χ3n) is 4.57. The highest BCUT2D eigenvalue weighted by Crippen LogP contribution is 2.24. The SMILES string of the molecule is COCc1c(C(=O)N2CCCC(Cc3nccnc3N)C2)noc1C. The van der Waals surface area contributed by atoms with E-state index in [1.165, 1.54) is 0 Å². The molecule has 0 aromatic carbocycles. The van der Waals surface area contributed by atoms with Crippen LogP contribution in [0, 0.1) is 12.8 Å². The summed E-state index contributed by atoms with van der Waals surface area (Å²) in [6, 6.07) is 0. The molecule has 1 amide bonds. The van der Waals surface area contributed by atoms with Gasteiger partial charge in [0.25, 0.3) is 5.91 Å². The summed E-state index contributed by atoms with van der Waals surface area (Å²) in [7, 11) is 1.59. The zero-order valence-corrected chi connectivity index (χ0v) is 14.6. The lowest BCUT2D eigenvalue weighted by Crippen LogP contribution is -2.41. The van der Waals surface area contributed by atoms with Crippen molar-refractivity contribution in [2.75, 3.05) is 25.9 Å². The first-order valence-corrected chi connectivity index (χ1v) is 8.38. The van der Waals surface area contributed by atoms with E-state index in [2.05, 4.69) is 15.1 Å². The average Bonchev–Trinajstić information content (AvgIpc) is 2.98. The van der Waals surface area contributed by atoms with E-state index in [9.17, 15) is 4.79 Å². The van der Waals surface area contributed by atoms with Crippen molar-refractivity contribution in [2.24, 2.45) is 5.92 Å². The Morgan fingerprint density at radius 3 is 3.00 bits per heavy atom. The second kappa shape index (κ2) is 7.60. The standard InChI is InChI=1S/C17H23N5O3/c1-11-13(10-24-2)15(21-25-11)17(23)22-7-3-4-12(9-22)8-14-16(18)20-6-5-19-14/h5-6,12H,3-4,7-10H2,1-2H3,(H2,18,20). The van der Waals surface area contributed by atoms with Crippen molar-refractivity contribution in [1.82, 2.24) is 20.0 Å². The number of methoxy groups -OCH3 is 1. The zero-order valence-electron chi connectivity index (χ0n) is 14.6. The van der Waals surface area contributed by atoms with E-state index in [4.69, 9.17) is 15.0 Å². The molecule has 1 fully saturated rings. The fourth-order valence-corrected chi connectivity index (χ4v) is 3.25. The van der Waals surface area contributed by atoms with Crippen LogP contribution in [-0.4, -0.2) is 46.1 Å². The molecule has 1 atom stereocenters. The topological polar surface area (TPSA) is 107 Å². The molecule has 2 N–H and O–H groups in total.